The number of carbonyl (C=O) groups is 1. The van der Waals surface area contributed by atoms with Crippen molar-refractivity contribution in [2.24, 2.45) is 0 Å². The van der Waals surface area contributed by atoms with Crippen molar-refractivity contribution < 1.29 is 14.3 Å². The van der Waals surface area contributed by atoms with E-state index in [1.54, 1.807) is 14.2 Å². The zero-order valence-electron chi connectivity index (χ0n) is 11.9. The first-order valence-electron chi connectivity index (χ1n) is 6.71. The van der Waals surface area contributed by atoms with Crippen molar-refractivity contribution in [3.05, 3.63) is 18.2 Å². The van der Waals surface area contributed by atoms with Gasteiger partial charge in [-0.15, -0.1) is 0 Å². The number of anilines is 1. The Hall–Kier alpha value is -1.70. The summed E-state index contributed by atoms with van der Waals surface area (Å²) < 4.78 is 11.4. The van der Waals surface area contributed by atoms with E-state index in [4.69, 9.17) is 9.47 Å². The molecule has 0 spiro atoms. The topological polar surface area (TPSA) is 72.5 Å². The third-order valence-electron chi connectivity index (χ3n) is 3.57. The van der Waals surface area contributed by atoms with Gasteiger partial charge in [-0.3, -0.25) is 4.79 Å². The minimum absolute atomic E-state index is 0.0689. The molecule has 0 aliphatic carbocycles. The quantitative estimate of drug-likeness (QED) is 0.898. The van der Waals surface area contributed by atoms with Gasteiger partial charge in [-0.1, -0.05) is 11.3 Å². The van der Waals surface area contributed by atoms with Crippen molar-refractivity contribution in [3.63, 3.8) is 0 Å². The first-order chi connectivity index (χ1) is 10.2. The molecule has 2 heterocycles. The third-order valence-corrected chi connectivity index (χ3v) is 4.50. The lowest BCUT2D eigenvalue weighted by molar-refractivity contribution is -0.118. The molecule has 1 fully saturated rings. The van der Waals surface area contributed by atoms with Gasteiger partial charge in [0.15, 0.2) is 5.13 Å². The summed E-state index contributed by atoms with van der Waals surface area (Å²) in [4.78, 5) is 16.6. The maximum atomic E-state index is 12.2. The van der Waals surface area contributed by atoms with Crippen LogP contribution < -0.4 is 15.4 Å². The highest BCUT2D eigenvalue weighted by molar-refractivity contribution is 7.22. The van der Waals surface area contributed by atoms with Gasteiger partial charge >= 0.3 is 0 Å². The fraction of sp³-hybridized carbons (Fsp3) is 0.429. The molecule has 3 rings (SSSR count). The molecule has 1 aliphatic rings. The van der Waals surface area contributed by atoms with Crippen LogP contribution in [-0.4, -0.2) is 43.8 Å². The van der Waals surface area contributed by atoms with Gasteiger partial charge in [-0.2, -0.15) is 0 Å². The average Bonchev–Trinajstić information content (AvgIpc) is 3.12. The van der Waals surface area contributed by atoms with Crippen LogP contribution in [0.25, 0.3) is 10.2 Å². The van der Waals surface area contributed by atoms with Crippen molar-refractivity contribution in [1.29, 1.82) is 0 Å². The largest absolute Gasteiger partial charge is 0.497 e. The molecular formula is C14H17N3O3S. The number of rotatable bonds is 4. The van der Waals surface area contributed by atoms with E-state index in [0.717, 1.165) is 16.0 Å². The van der Waals surface area contributed by atoms with Crippen LogP contribution in [0, 0.1) is 0 Å². The first kappa shape index (κ1) is 14.2. The smallest absolute Gasteiger partial charge is 0.243 e. The van der Waals surface area contributed by atoms with Gasteiger partial charge in [0.1, 0.15) is 5.75 Å². The van der Waals surface area contributed by atoms with Gasteiger partial charge in [-0.05, 0) is 24.6 Å². The molecule has 1 aromatic carbocycles. The number of benzene rings is 1. The van der Waals surface area contributed by atoms with Crippen LogP contribution in [0.1, 0.15) is 6.42 Å². The second kappa shape index (κ2) is 5.97. The number of methoxy groups -OCH3 is 2. The summed E-state index contributed by atoms with van der Waals surface area (Å²) in [5.41, 5.74) is 0.852. The standard InChI is InChI=1S/C14H17N3O3S/c1-19-8-3-4-10-12(6-8)21-14(16-10)17-13(18)11-5-9(20-2)7-15-11/h3-4,6,9,11,15H,5,7H2,1-2H3,(H,16,17,18). The fourth-order valence-corrected chi connectivity index (χ4v) is 3.26. The molecule has 2 N–H and O–H groups in total. The van der Waals surface area contributed by atoms with Gasteiger partial charge in [0.25, 0.3) is 0 Å². The monoisotopic (exact) mass is 307 g/mol. The number of nitrogens with zero attached hydrogens (tertiary/aromatic N) is 1. The van der Waals surface area contributed by atoms with Crippen LogP contribution in [0.4, 0.5) is 5.13 Å². The van der Waals surface area contributed by atoms with Crippen molar-refractivity contribution in [3.8, 4) is 5.75 Å². The first-order valence-corrected chi connectivity index (χ1v) is 7.53. The van der Waals surface area contributed by atoms with Crippen molar-refractivity contribution >= 4 is 32.6 Å². The number of thiazole rings is 1. The Kier molecular flexibility index (Phi) is 4.05. The molecule has 2 unspecified atom stereocenters. The van der Waals surface area contributed by atoms with E-state index in [0.29, 0.717) is 18.1 Å². The van der Waals surface area contributed by atoms with Crippen LogP contribution in [0.5, 0.6) is 5.75 Å². The normalized spacial score (nSPS) is 21.6. The number of ether oxygens (including phenoxy) is 2. The van der Waals surface area contributed by atoms with Gasteiger partial charge in [-0.25, -0.2) is 4.98 Å². The van der Waals surface area contributed by atoms with Gasteiger partial charge in [0, 0.05) is 13.7 Å². The second-order valence-corrected chi connectivity index (χ2v) is 5.93. The van der Waals surface area contributed by atoms with E-state index in [1.807, 2.05) is 18.2 Å². The molecule has 6 nitrogen and oxygen atoms in total. The molecule has 1 saturated heterocycles. The highest BCUT2D eigenvalue weighted by Crippen LogP contribution is 2.29. The lowest BCUT2D eigenvalue weighted by atomic mass is 10.2. The Bertz CT molecular complexity index is 658. The summed E-state index contributed by atoms with van der Waals surface area (Å²) in [7, 11) is 3.29. The van der Waals surface area contributed by atoms with E-state index >= 15 is 0 Å². The maximum Gasteiger partial charge on any atom is 0.243 e. The molecule has 2 aromatic rings. The highest BCUT2D eigenvalue weighted by Gasteiger charge is 2.29. The zero-order valence-corrected chi connectivity index (χ0v) is 12.7. The summed E-state index contributed by atoms with van der Waals surface area (Å²) >= 11 is 1.44. The minimum Gasteiger partial charge on any atom is -0.497 e. The fourth-order valence-electron chi connectivity index (χ4n) is 2.36. The zero-order chi connectivity index (χ0) is 14.8. The van der Waals surface area contributed by atoms with E-state index < -0.39 is 0 Å². The summed E-state index contributed by atoms with van der Waals surface area (Å²) in [5, 5.41) is 6.62. The van der Waals surface area contributed by atoms with Crippen LogP contribution in [0.2, 0.25) is 0 Å². The molecule has 21 heavy (non-hydrogen) atoms. The highest BCUT2D eigenvalue weighted by atomic mass is 32.1. The van der Waals surface area contributed by atoms with Gasteiger partial charge in [0.2, 0.25) is 5.91 Å². The second-order valence-electron chi connectivity index (χ2n) is 4.90. The van der Waals surface area contributed by atoms with Crippen molar-refractivity contribution in [2.45, 2.75) is 18.6 Å². The Balaban J connectivity index is 1.71. The molecule has 0 radical (unpaired) electrons. The predicted octanol–water partition coefficient (Wildman–Crippen LogP) is 1.62. The van der Waals surface area contributed by atoms with Crippen molar-refractivity contribution in [1.82, 2.24) is 10.3 Å². The maximum absolute atomic E-state index is 12.2. The predicted molar refractivity (Wildman–Crippen MR) is 82.0 cm³/mol. The van der Waals surface area contributed by atoms with Crippen LogP contribution in [0.15, 0.2) is 18.2 Å². The SMILES string of the molecule is COc1ccc2nc(NC(=O)C3CC(OC)CN3)sc2c1. The number of amides is 1. The Morgan fingerprint density at radius 2 is 2.33 bits per heavy atom. The third kappa shape index (κ3) is 2.99. The molecule has 1 amide bonds. The molecule has 2 atom stereocenters. The van der Waals surface area contributed by atoms with E-state index in [-0.39, 0.29) is 18.1 Å². The van der Waals surface area contributed by atoms with Crippen molar-refractivity contribution in [2.75, 3.05) is 26.1 Å². The van der Waals surface area contributed by atoms with E-state index in [9.17, 15) is 4.79 Å². The van der Waals surface area contributed by atoms with Crippen LogP contribution in [0.3, 0.4) is 0 Å². The lowest BCUT2D eigenvalue weighted by Crippen LogP contribution is -2.35. The summed E-state index contributed by atoms with van der Waals surface area (Å²) in [6.45, 7) is 0.700. The number of nitrogens with one attached hydrogen (secondary N) is 2. The van der Waals surface area contributed by atoms with Gasteiger partial charge < -0.3 is 20.1 Å². The van der Waals surface area contributed by atoms with Crippen LogP contribution >= 0.6 is 11.3 Å². The Labute approximate surface area is 126 Å². The molecule has 1 aliphatic heterocycles. The molecule has 1 aromatic heterocycles. The number of carbonyl (C=O) groups excluding carboxylic acids is 1. The van der Waals surface area contributed by atoms with E-state index in [2.05, 4.69) is 15.6 Å². The number of hydrogen-bond acceptors (Lipinski definition) is 6. The molecule has 112 valence electrons. The number of hydrogen-bond donors (Lipinski definition) is 2. The number of fused-ring (bicyclic) bond motifs is 1. The summed E-state index contributed by atoms with van der Waals surface area (Å²) in [6.07, 6.45) is 0.779. The Morgan fingerprint density at radius 3 is 3.05 bits per heavy atom. The minimum atomic E-state index is -0.225. The molecule has 0 saturated carbocycles. The van der Waals surface area contributed by atoms with E-state index in [1.165, 1.54) is 11.3 Å². The van der Waals surface area contributed by atoms with Crippen LogP contribution in [-0.2, 0) is 9.53 Å². The molecular weight excluding hydrogens is 290 g/mol. The summed E-state index contributed by atoms with van der Waals surface area (Å²) in [5.74, 6) is 0.713. The summed E-state index contributed by atoms with van der Waals surface area (Å²) in [6, 6.07) is 5.43. The Morgan fingerprint density at radius 1 is 1.48 bits per heavy atom. The van der Waals surface area contributed by atoms with Gasteiger partial charge in [0.05, 0.1) is 29.5 Å². The molecule has 7 heteroatoms. The number of aromatic nitrogens is 1. The average molecular weight is 307 g/mol. The molecule has 0 bridgehead atoms. The lowest BCUT2D eigenvalue weighted by Gasteiger charge is -2.08.